The molecule has 18 heteroatoms. The molecule has 5 atom stereocenters. The van der Waals surface area contributed by atoms with Crippen LogP contribution in [0.1, 0.15) is 50.4 Å². The van der Waals surface area contributed by atoms with Crippen LogP contribution in [0.25, 0.3) is 10.9 Å². The topological polar surface area (TPSA) is 288 Å². The minimum atomic E-state index is -1.15. The summed E-state index contributed by atoms with van der Waals surface area (Å²) in [6, 6.07) is 13.2. The Morgan fingerprint density at radius 1 is 0.900 bits per heavy atom. The SMILES string of the molecule is CC(C)=C(N)C(Cc1ccccc1)NC(=O)C(Cc1cnc[nH]1)NC(=O)C(C)N(CC1CNCCC(C(N)=O)NC(=O)CNC(=O)C1)C(N)=O.Cc1c[nH]c2ccccc12. The number of H-pyrrole nitrogens is 2. The van der Waals surface area contributed by atoms with E-state index in [0.29, 0.717) is 17.8 Å². The molecule has 13 N–H and O–H groups in total. The number of para-hydroxylation sites is 1. The molecule has 0 bridgehead atoms. The number of nitrogens with two attached hydrogens (primary N) is 3. The summed E-state index contributed by atoms with van der Waals surface area (Å²) in [5, 5.41) is 15.2. The maximum absolute atomic E-state index is 13.8. The lowest BCUT2D eigenvalue weighted by Crippen LogP contribution is -2.58. The summed E-state index contributed by atoms with van der Waals surface area (Å²) < 4.78 is 0. The highest BCUT2D eigenvalue weighted by Gasteiger charge is 2.32. The number of allylic oxidation sites excluding steroid dienone is 1. The molecule has 322 valence electrons. The van der Waals surface area contributed by atoms with Crippen molar-refractivity contribution in [2.24, 2.45) is 23.1 Å². The summed E-state index contributed by atoms with van der Waals surface area (Å²) in [5.74, 6) is -3.48. The number of carbonyl (C=O) groups excluding carboxylic acids is 6. The van der Waals surface area contributed by atoms with Crippen LogP contribution in [0.5, 0.6) is 0 Å². The highest BCUT2D eigenvalue weighted by atomic mass is 16.2. The van der Waals surface area contributed by atoms with Gasteiger partial charge in [0.05, 0.1) is 18.9 Å². The van der Waals surface area contributed by atoms with Crippen molar-refractivity contribution >= 4 is 46.5 Å². The van der Waals surface area contributed by atoms with Crippen LogP contribution in [-0.4, -0.2) is 106 Å². The molecule has 4 aromatic rings. The number of nitrogens with zero attached hydrogens (tertiary/aromatic N) is 2. The molecule has 1 fully saturated rings. The van der Waals surface area contributed by atoms with Crippen molar-refractivity contribution in [3.63, 3.8) is 0 Å². The predicted octanol–water partition coefficient (Wildman–Crippen LogP) is 0.749. The molecule has 18 nitrogen and oxygen atoms in total. The fraction of sp³-hybridized carbons (Fsp3) is 0.405. The summed E-state index contributed by atoms with van der Waals surface area (Å²) in [6.07, 6.45) is 5.59. The van der Waals surface area contributed by atoms with Crippen LogP contribution in [0.3, 0.4) is 0 Å². The average molecular weight is 827 g/mol. The molecule has 1 saturated heterocycles. The monoisotopic (exact) mass is 826 g/mol. The van der Waals surface area contributed by atoms with Crippen LogP contribution >= 0.6 is 0 Å². The number of amides is 7. The highest BCUT2D eigenvalue weighted by Crippen LogP contribution is 2.16. The number of rotatable bonds is 13. The van der Waals surface area contributed by atoms with Gasteiger partial charge in [-0.25, -0.2) is 9.78 Å². The summed E-state index contributed by atoms with van der Waals surface area (Å²) in [6.45, 7) is 7.28. The van der Waals surface area contributed by atoms with Gasteiger partial charge >= 0.3 is 6.03 Å². The van der Waals surface area contributed by atoms with Gasteiger partial charge in [-0.1, -0.05) is 54.1 Å². The zero-order chi connectivity index (χ0) is 43.8. The van der Waals surface area contributed by atoms with E-state index in [-0.39, 0.29) is 45.4 Å². The Balaban J connectivity index is 0.000000683. The number of aromatic nitrogens is 3. The third-order valence-electron chi connectivity index (χ3n) is 10.2. The van der Waals surface area contributed by atoms with Crippen LogP contribution in [0.2, 0.25) is 0 Å². The Labute approximate surface area is 349 Å². The molecule has 5 rings (SSSR count). The van der Waals surface area contributed by atoms with Crippen molar-refractivity contribution in [3.05, 3.63) is 101 Å². The minimum Gasteiger partial charge on any atom is -0.400 e. The van der Waals surface area contributed by atoms with E-state index < -0.39 is 65.7 Å². The maximum atomic E-state index is 13.8. The normalized spacial score (nSPS) is 17.4. The second kappa shape index (κ2) is 22.5. The number of nitrogens with one attached hydrogen (secondary N) is 7. The van der Waals surface area contributed by atoms with E-state index in [1.165, 1.54) is 35.9 Å². The zero-order valence-corrected chi connectivity index (χ0v) is 34.5. The second-order valence-corrected chi connectivity index (χ2v) is 15.1. The molecular formula is C42H58N12O6. The quantitative estimate of drug-likeness (QED) is 0.0909. The molecule has 1 aliphatic heterocycles. The number of primary amides is 2. The molecule has 0 spiro atoms. The summed E-state index contributed by atoms with van der Waals surface area (Å²) in [7, 11) is 0. The number of hydrogen-bond acceptors (Lipinski definition) is 9. The Hall–Kier alpha value is -6.69. The van der Waals surface area contributed by atoms with Crippen LogP contribution in [0.4, 0.5) is 4.79 Å². The number of benzene rings is 2. The first-order valence-electron chi connectivity index (χ1n) is 19.8. The molecule has 7 amide bonds. The van der Waals surface area contributed by atoms with Crippen LogP contribution in [-0.2, 0) is 36.8 Å². The van der Waals surface area contributed by atoms with E-state index in [9.17, 15) is 28.8 Å². The number of imidazole rings is 1. The predicted molar refractivity (Wildman–Crippen MR) is 227 cm³/mol. The molecule has 5 unspecified atom stereocenters. The van der Waals surface area contributed by atoms with Gasteiger partial charge in [-0.2, -0.15) is 0 Å². The van der Waals surface area contributed by atoms with Gasteiger partial charge in [-0.3, -0.25) is 24.0 Å². The first-order chi connectivity index (χ1) is 28.6. The third kappa shape index (κ3) is 14.0. The van der Waals surface area contributed by atoms with Gasteiger partial charge in [0.15, 0.2) is 0 Å². The van der Waals surface area contributed by atoms with E-state index in [1.807, 2.05) is 56.4 Å². The van der Waals surface area contributed by atoms with Crippen molar-refractivity contribution < 1.29 is 28.8 Å². The molecule has 3 heterocycles. The summed E-state index contributed by atoms with van der Waals surface area (Å²) >= 11 is 0. The lowest BCUT2D eigenvalue weighted by Gasteiger charge is -2.32. The Kier molecular flexibility index (Phi) is 17.2. The highest BCUT2D eigenvalue weighted by molar-refractivity contribution is 5.92. The number of carbonyl (C=O) groups is 6. The van der Waals surface area contributed by atoms with Gasteiger partial charge in [0, 0.05) is 60.6 Å². The van der Waals surface area contributed by atoms with E-state index in [0.717, 1.165) is 16.0 Å². The first-order valence-corrected chi connectivity index (χ1v) is 19.8. The summed E-state index contributed by atoms with van der Waals surface area (Å²) in [5.41, 5.74) is 22.9. The van der Waals surface area contributed by atoms with Gasteiger partial charge in [-0.15, -0.1) is 0 Å². The number of hydrogen-bond donors (Lipinski definition) is 10. The van der Waals surface area contributed by atoms with E-state index >= 15 is 0 Å². The Morgan fingerprint density at radius 2 is 1.60 bits per heavy atom. The third-order valence-corrected chi connectivity index (χ3v) is 10.2. The second-order valence-electron chi connectivity index (χ2n) is 15.1. The molecule has 2 aromatic heterocycles. The van der Waals surface area contributed by atoms with Crippen molar-refractivity contribution in [2.45, 2.75) is 77.5 Å². The lowest BCUT2D eigenvalue weighted by atomic mass is 10.00. The largest absolute Gasteiger partial charge is 0.400 e. The standard InChI is InChI=1S/C33H49N11O6.C9H9N/c1-19(2)29(34)25(11-21-7-5-4-6-8-21)42-32(49)26(13-23-15-38-18-40-23)43-31(48)20(3)44(33(36)50)17-22-12-27(45)39-16-28(46)41-24(30(35)47)9-10-37-14-22;1-7-6-10-9-5-3-2-4-8(7)9/h4-8,15,18,20,22,24-26,37H,9-14,16-17,34H2,1-3H3,(H2,35,47)(H2,36,50)(H,38,40)(H,39,45)(H,41,46)(H,42,49)(H,43,48);2-6,10H,1H3. The molecule has 60 heavy (non-hydrogen) atoms. The van der Waals surface area contributed by atoms with Crippen molar-refractivity contribution in [1.29, 1.82) is 0 Å². The van der Waals surface area contributed by atoms with E-state index in [4.69, 9.17) is 17.2 Å². The van der Waals surface area contributed by atoms with Gasteiger partial charge < -0.3 is 58.7 Å². The molecule has 0 aliphatic carbocycles. The van der Waals surface area contributed by atoms with E-state index in [2.05, 4.69) is 66.7 Å². The molecule has 2 aromatic carbocycles. The van der Waals surface area contributed by atoms with Crippen LogP contribution in [0, 0.1) is 12.8 Å². The summed E-state index contributed by atoms with van der Waals surface area (Å²) in [4.78, 5) is 88.2. The van der Waals surface area contributed by atoms with E-state index in [1.54, 1.807) is 0 Å². The smallest absolute Gasteiger partial charge is 0.315 e. The average Bonchev–Trinajstić information content (AvgIpc) is 3.88. The van der Waals surface area contributed by atoms with Gasteiger partial charge in [0.25, 0.3) is 0 Å². The minimum absolute atomic E-state index is 0.0558. The van der Waals surface area contributed by atoms with Crippen molar-refractivity contribution in [3.8, 4) is 0 Å². The van der Waals surface area contributed by atoms with Crippen LogP contribution in [0.15, 0.2) is 84.6 Å². The van der Waals surface area contributed by atoms with Crippen molar-refractivity contribution in [2.75, 3.05) is 26.2 Å². The first kappa shape index (κ1) is 46.0. The fourth-order valence-corrected chi connectivity index (χ4v) is 6.70. The number of aromatic amines is 2. The van der Waals surface area contributed by atoms with Gasteiger partial charge in [-0.05, 0) is 70.2 Å². The molecular weight excluding hydrogens is 769 g/mol. The molecule has 0 radical (unpaired) electrons. The van der Waals surface area contributed by atoms with Crippen LogP contribution < -0.4 is 43.8 Å². The lowest BCUT2D eigenvalue weighted by molar-refractivity contribution is -0.131. The zero-order valence-electron chi connectivity index (χ0n) is 34.5. The van der Waals surface area contributed by atoms with Gasteiger partial charge in [0.2, 0.25) is 29.5 Å². The number of urea groups is 1. The van der Waals surface area contributed by atoms with Crippen molar-refractivity contribution in [1.82, 2.24) is 46.4 Å². The Bertz CT molecular complexity index is 2100. The molecule has 0 saturated carbocycles. The number of aryl methyl sites for hydroxylation is 1. The maximum Gasteiger partial charge on any atom is 0.315 e. The van der Waals surface area contributed by atoms with Gasteiger partial charge in [0.1, 0.15) is 18.1 Å². The fourth-order valence-electron chi connectivity index (χ4n) is 6.70. The molecule has 1 aliphatic rings. The number of fused-ring (bicyclic) bond motifs is 1. The Morgan fingerprint density at radius 3 is 2.25 bits per heavy atom.